The normalized spacial score (nSPS) is 21.0. The number of hydrogen-bond donors (Lipinski definition) is 2. The second-order valence-electron chi connectivity index (χ2n) is 4.07. The molecule has 2 N–H and O–H groups in total. The van der Waals surface area contributed by atoms with Crippen molar-refractivity contribution < 1.29 is 4.42 Å². The standard InChI is InChI=1S/C11H19N3O/c1-12-5-2-3-10-8-15-11(14-10)9-4-6-13-7-9/h8-9,12-13H,2-7H2,1H3. The monoisotopic (exact) mass is 209 g/mol. The first kappa shape index (κ1) is 10.6. The molecule has 0 aromatic carbocycles. The lowest BCUT2D eigenvalue weighted by Crippen LogP contribution is -2.09. The Morgan fingerprint density at radius 1 is 1.67 bits per heavy atom. The summed E-state index contributed by atoms with van der Waals surface area (Å²) in [5, 5.41) is 6.45. The molecule has 84 valence electrons. The van der Waals surface area contributed by atoms with Crippen LogP contribution in [0.5, 0.6) is 0 Å². The van der Waals surface area contributed by atoms with E-state index in [-0.39, 0.29) is 0 Å². The van der Waals surface area contributed by atoms with Gasteiger partial charge in [0.15, 0.2) is 5.89 Å². The SMILES string of the molecule is CNCCCc1coc(C2CCNC2)n1. The lowest BCUT2D eigenvalue weighted by Gasteiger charge is -2.00. The number of aromatic nitrogens is 1. The van der Waals surface area contributed by atoms with Crippen molar-refractivity contribution in [2.24, 2.45) is 0 Å². The molecule has 1 atom stereocenters. The van der Waals surface area contributed by atoms with E-state index in [4.69, 9.17) is 4.42 Å². The van der Waals surface area contributed by atoms with Gasteiger partial charge in [-0.3, -0.25) is 0 Å². The van der Waals surface area contributed by atoms with Gasteiger partial charge in [0.1, 0.15) is 6.26 Å². The van der Waals surface area contributed by atoms with Crippen LogP contribution in [0.25, 0.3) is 0 Å². The van der Waals surface area contributed by atoms with Gasteiger partial charge < -0.3 is 15.1 Å². The number of hydrogen-bond acceptors (Lipinski definition) is 4. The number of oxazole rings is 1. The van der Waals surface area contributed by atoms with Gasteiger partial charge in [0.25, 0.3) is 0 Å². The highest BCUT2D eigenvalue weighted by Gasteiger charge is 2.21. The van der Waals surface area contributed by atoms with Crippen LogP contribution in [0.2, 0.25) is 0 Å². The van der Waals surface area contributed by atoms with Crippen molar-refractivity contribution in [3.05, 3.63) is 17.8 Å². The van der Waals surface area contributed by atoms with E-state index in [9.17, 15) is 0 Å². The molecule has 4 nitrogen and oxygen atoms in total. The molecule has 2 rings (SSSR count). The third-order valence-corrected chi connectivity index (χ3v) is 2.84. The molecule has 1 aromatic rings. The molecule has 2 heterocycles. The van der Waals surface area contributed by atoms with Crippen LogP contribution in [0.4, 0.5) is 0 Å². The average Bonchev–Trinajstić information content (AvgIpc) is 2.87. The van der Waals surface area contributed by atoms with Crippen molar-refractivity contribution in [3.8, 4) is 0 Å². The minimum atomic E-state index is 0.489. The van der Waals surface area contributed by atoms with E-state index in [1.54, 1.807) is 0 Å². The molecule has 0 amide bonds. The quantitative estimate of drug-likeness (QED) is 0.708. The van der Waals surface area contributed by atoms with Gasteiger partial charge in [-0.15, -0.1) is 0 Å². The summed E-state index contributed by atoms with van der Waals surface area (Å²) in [4.78, 5) is 4.53. The van der Waals surface area contributed by atoms with Crippen molar-refractivity contribution in [1.82, 2.24) is 15.6 Å². The Morgan fingerprint density at radius 2 is 2.60 bits per heavy atom. The molecule has 1 aliphatic rings. The maximum atomic E-state index is 5.51. The fourth-order valence-corrected chi connectivity index (χ4v) is 1.94. The Balaban J connectivity index is 1.86. The van der Waals surface area contributed by atoms with Crippen molar-refractivity contribution in [2.75, 3.05) is 26.7 Å². The molecule has 1 fully saturated rings. The molecule has 0 radical (unpaired) electrons. The van der Waals surface area contributed by atoms with Crippen LogP contribution in [0, 0.1) is 0 Å². The highest BCUT2D eigenvalue weighted by Crippen LogP contribution is 2.21. The molecular formula is C11H19N3O. The number of aryl methyl sites for hydroxylation is 1. The lowest BCUT2D eigenvalue weighted by molar-refractivity contribution is 0.457. The summed E-state index contributed by atoms with van der Waals surface area (Å²) >= 11 is 0. The summed E-state index contributed by atoms with van der Waals surface area (Å²) in [6, 6.07) is 0. The summed E-state index contributed by atoms with van der Waals surface area (Å²) in [5.74, 6) is 1.41. The maximum absolute atomic E-state index is 5.51. The van der Waals surface area contributed by atoms with Crippen LogP contribution in [0.1, 0.15) is 30.3 Å². The van der Waals surface area contributed by atoms with E-state index in [1.807, 2.05) is 13.3 Å². The Hall–Kier alpha value is -0.870. The second kappa shape index (κ2) is 5.28. The zero-order chi connectivity index (χ0) is 10.5. The predicted octanol–water partition coefficient (Wildman–Crippen LogP) is 0.903. The number of rotatable bonds is 5. The molecule has 0 aliphatic carbocycles. The highest BCUT2D eigenvalue weighted by atomic mass is 16.3. The molecule has 4 heteroatoms. The molecule has 1 aliphatic heterocycles. The fraction of sp³-hybridized carbons (Fsp3) is 0.727. The Morgan fingerprint density at radius 3 is 3.33 bits per heavy atom. The minimum Gasteiger partial charge on any atom is -0.448 e. The van der Waals surface area contributed by atoms with E-state index >= 15 is 0 Å². The summed E-state index contributed by atoms with van der Waals surface area (Å²) in [6.07, 6.45) is 5.08. The van der Waals surface area contributed by atoms with E-state index in [1.165, 1.54) is 0 Å². The van der Waals surface area contributed by atoms with Crippen molar-refractivity contribution >= 4 is 0 Å². The van der Waals surface area contributed by atoms with Gasteiger partial charge in [-0.1, -0.05) is 0 Å². The van der Waals surface area contributed by atoms with E-state index < -0.39 is 0 Å². The van der Waals surface area contributed by atoms with E-state index in [0.717, 1.165) is 50.5 Å². The van der Waals surface area contributed by atoms with Crippen LogP contribution < -0.4 is 10.6 Å². The van der Waals surface area contributed by atoms with Crippen LogP contribution >= 0.6 is 0 Å². The summed E-state index contributed by atoms with van der Waals surface area (Å²) < 4.78 is 5.51. The van der Waals surface area contributed by atoms with Crippen LogP contribution in [0.15, 0.2) is 10.7 Å². The van der Waals surface area contributed by atoms with Gasteiger partial charge in [0, 0.05) is 12.5 Å². The van der Waals surface area contributed by atoms with Gasteiger partial charge in [0.2, 0.25) is 0 Å². The third-order valence-electron chi connectivity index (χ3n) is 2.84. The topological polar surface area (TPSA) is 50.1 Å². The third kappa shape index (κ3) is 2.79. The van der Waals surface area contributed by atoms with Gasteiger partial charge in [-0.05, 0) is 39.4 Å². The molecule has 15 heavy (non-hydrogen) atoms. The first-order valence-corrected chi connectivity index (χ1v) is 5.70. The molecule has 1 saturated heterocycles. The molecule has 0 spiro atoms. The van der Waals surface area contributed by atoms with Crippen molar-refractivity contribution in [3.63, 3.8) is 0 Å². The first-order chi connectivity index (χ1) is 7.40. The van der Waals surface area contributed by atoms with Crippen molar-refractivity contribution in [2.45, 2.75) is 25.2 Å². The molecule has 1 unspecified atom stereocenters. The zero-order valence-corrected chi connectivity index (χ0v) is 9.25. The predicted molar refractivity (Wildman–Crippen MR) is 59.0 cm³/mol. The van der Waals surface area contributed by atoms with E-state index in [0.29, 0.717) is 5.92 Å². The molecular weight excluding hydrogens is 190 g/mol. The molecule has 1 aromatic heterocycles. The Bertz CT molecular complexity index is 292. The lowest BCUT2D eigenvalue weighted by atomic mass is 10.1. The summed E-state index contributed by atoms with van der Waals surface area (Å²) in [6.45, 7) is 3.13. The Kier molecular flexibility index (Phi) is 3.75. The number of nitrogens with zero attached hydrogens (tertiary/aromatic N) is 1. The van der Waals surface area contributed by atoms with Gasteiger partial charge in [0.05, 0.1) is 5.69 Å². The van der Waals surface area contributed by atoms with Crippen LogP contribution in [0.3, 0.4) is 0 Å². The van der Waals surface area contributed by atoms with Crippen molar-refractivity contribution in [1.29, 1.82) is 0 Å². The maximum Gasteiger partial charge on any atom is 0.198 e. The second-order valence-corrected chi connectivity index (χ2v) is 4.07. The fourth-order valence-electron chi connectivity index (χ4n) is 1.94. The van der Waals surface area contributed by atoms with Gasteiger partial charge in [-0.25, -0.2) is 4.98 Å². The number of nitrogens with one attached hydrogen (secondary N) is 2. The van der Waals surface area contributed by atoms with E-state index in [2.05, 4.69) is 15.6 Å². The Labute approximate surface area is 90.5 Å². The highest BCUT2D eigenvalue weighted by molar-refractivity contribution is 5.03. The zero-order valence-electron chi connectivity index (χ0n) is 9.25. The minimum absolute atomic E-state index is 0.489. The van der Waals surface area contributed by atoms with Gasteiger partial charge >= 0.3 is 0 Å². The molecule has 0 bridgehead atoms. The summed E-state index contributed by atoms with van der Waals surface area (Å²) in [5.41, 5.74) is 1.09. The molecule has 0 saturated carbocycles. The largest absolute Gasteiger partial charge is 0.448 e. The van der Waals surface area contributed by atoms with Crippen LogP contribution in [-0.4, -0.2) is 31.7 Å². The smallest absolute Gasteiger partial charge is 0.198 e. The summed E-state index contributed by atoms with van der Waals surface area (Å²) in [7, 11) is 1.97. The van der Waals surface area contributed by atoms with Gasteiger partial charge in [-0.2, -0.15) is 0 Å². The van der Waals surface area contributed by atoms with Crippen LogP contribution in [-0.2, 0) is 6.42 Å². The average molecular weight is 209 g/mol. The first-order valence-electron chi connectivity index (χ1n) is 5.70.